The van der Waals surface area contributed by atoms with Crippen LogP contribution in [-0.2, 0) is 7.05 Å². The molecule has 0 aliphatic heterocycles. The molecule has 1 amide bonds. The van der Waals surface area contributed by atoms with Gasteiger partial charge in [-0.3, -0.25) is 19.6 Å². The third-order valence-corrected chi connectivity index (χ3v) is 5.66. The van der Waals surface area contributed by atoms with Crippen LogP contribution in [0.4, 0.5) is 20.2 Å². The van der Waals surface area contributed by atoms with Gasteiger partial charge in [-0.05, 0) is 18.2 Å². The molecule has 31 heavy (non-hydrogen) atoms. The van der Waals surface area contributed by atoms with Crippen molar-refractivity contribution in [3.63, 3.8) is 0 Å². The van der Waals surface area contributed by atoms with Gasteiger partial charge in [-0.15, -0.1) is 11.3 Å². The number of nitro groups is 1. The number of benzene rings is 2. The third-order valence-electron chi connectivity index (χ3n) is 4.52. The van der Waals surface area contributed by atoms with Crippen LogP contribution in [0.15, 0.2) is 60.7 Å². The van der Waals surface area contributed by atoms with Gasteiger partial charge in [0.1, 0.15) is 22.2 Å². The molecular formula is C21H14F2N4O3S. The van der Waals surface area contributed by atoms with Crippen LogP contribution in [0.1, 0.15) is 9.67 Å². The summed E-state index contributed by atoms with van der Waals surface area (Å²) < 4.78 is 29.2. The van der Waals surface area contributed by atoms with Gasteiger partial charge in [-0.2, -0.15) is 5.10 Å². The van der Waals surface area contributed by atoms with E-state index in [-0.39, 0.29) is 15.4 Å². The fourth-order valence-electron chi connectivity index (χ4n) is 3.03. The molecule has 0 aliphatic carbocycles. The van der Waals surface area contributed by atoms with Gasteiger partial charge in [-0.25, -0.2) is 8.78 Å². The lowest BCUT2D eigenvalue weighted by Crippen LogP contribution is -2.12. The van der Waals surface area contributed by atoms with Crippen LogP contribution in [0.2, 0.25) is 0 Å². The fraction of sp³-hybridized carbons (Fsp3) is 0.0476. The Balaban J connectivity index is 1.73. The van der Waals surface area contributed by atoms with Crippen LogP contribution in [0.3, 0.4) is 0 Å². The number of hydrogen-bond acceptors (Lipinski definition) is 5. The SMILES string of the molecule is Cn1nc(-c2ccccc2)cc1-c1sc(C(=O)Nc2c(F)cccc2F)cc1[N+](=O)[O-]. The molecule has 4 aromatic rings. The van der Waals surface area contributed by atoms with Crippen molar-refractivity contribution in [3.05, 3.63) is 87.3 Å². The van der Waals surface area contributed by atoms with Crippen LogP contribution in [-0.4, -0.2) is 20.6 Å². The number of carbonyl (C=O) groups is 1. The van der Waals surface area contributed by atoms with Crippen molar-refractivity contribution in [1.29, 1.82) is 0 Å². The maximum absolute atomic E-state index is 13.8. The van der Waals surface area contributed by atoms with Gasteiger partial charge in [0, 0.05) is 18.7 Å². The van der Waals surface area contributed by atoms with E-state index in [4.69, 9.17) is 0 Å². The lowest BCUT2D eigenvalue weighted by molar-refractivity contribution is -0.383. The van der Waals surface area contributed by atoms with Gasteiger partial charge >= 0.3 is 0 Å². The second-order valence-electron chi connectivity index (χ2n) is 6.54. The van der Waals surface area contributed by atoms with E-state index >= 15 is 0 Å². The summed E-state index contributed by atoms with van der Waals surface area (Å²) in [5.74, 6) is -2.74. The zero-order chi connectivity index (χ0) is 22.1. The predicted octanol–water partition coefficient (Wildman–Crippen LogP) is 5.25. The Labute approximate surface area is 178 Å². The second-order valence-corrected chi connectivity index (χ2v) is 7.59. The number of thiophene rings is 1. The van der Waals surface area contributed by atoms with Gasteiger partial charge < -0.3 is 5.32 Å². The normalized spacial score (nSPS) is 10.8. The maximum atomic E-state index is 13.8. The minimum absolute atomic E-state index is 0.0631. The molecule has 0 fully saturated rings. The molecule has 2 aromatic heterocycles. The molecule has 0 aliphatic rings. The summed E-state index contributed by atoms with van der Waals surface area (Å²) in [4.78, 5) is 23.7. The maximum Gasteiger partial charge on any atom is 0.290 e. The lowest BCUT2D eigenvalue weighted by atomic mass is 10.1. The predicted molar refractivity (Wildman–Crippen MR) is 113 cm³/mol. The fourth-order valence-corrected chi connectivity index (χ4v) is 4.10. The highest BCUT2D eigenvalue weighted by atomic mass is 32.1. The molecule has 2 aromatic carbocycles. The highest BCUT2D eigenvalue weighted by Gasteiger charge is 2.27. The summed E-state index contributed by atoms with van der Waals surface area (Å²) in [6, 6.07) is 15.2. The number of hydrogen-bond donors (Lipinski definition) is 1. The van der Waals surface area contributed by atoms with E-state index < -0.39 is 28.2 Å². The standard InChI is InChI=1S/C21H14F2N4O3S/c1-26-16(10-15(25-26)12-6-3-2-4-7-12)20-17(27(29)30)11-18(31-20)21(28)24-19-13(22)8-5-9-14(19)23/h2-11H,1H3,(H,24,28). The Morgan fingerprint density at radius 3 is 2.42 bits per heavy atom. The number of aryl methyl sites for hydroxylation is 1. The molecule has 0 radical (unpaired) electrons. The Morgan fingerprint density at radius 1 is 1.10 bits per heavy atom. The number of para-hydroxylation sites is 1. The number of carbonyl (C=O) groups excluding carboxylic acids is 1. The number of halogens is 2. The van der Waals surface area contributed by atoms with Crippen LogP contribution >= 0.6 is 11.3 Å². The molecule has 0 saturated heterocycles. The first-order chi connectivity index (χ1) is 14.8. The van der Waals surface area contributed by atoms with E-state index in [9.17, 15) is 23.7 Å². The van der Waals surface area contributed by atoms with Gasteiger partial charge in [0.25, 0.3) is 11.6 Å². The smallest absolute Gasteiger partial charge is 0.290 e. The monoisotopic (exact) mass is 440 g/mol. The van der Waals surface area contributed by atoms with Gasteiger partial charge in [0.15, 0.2) is 0 Å². The summed E-state index contributed by atoms with van der Waals surface area (Å²) in [5, 5.41) is 18.2. The molecule has 10 heteroatoms. The van der Waals surface area contributed by atoms with Crippen molar-refractivity contribution in [2.75, 3.05) is 5.32 Å². The highest BCUT2D eigenvalue weighted by molar-refractivity contribution is 7.18. The van der Waals surface area contributed by atoms with Gasteiger partial charge in [0.2, 0.25) is 0 Å². The summed E-state index contributed by atoms with van der Waals surface area (Å²) >= 11 is 0.843. The van der Waals surface area contributed by atoms with Crippen LogP contribution in [0, 0.1) is 21.7 Å². The van der Waals surface area contributed by atoms with Crippen molar-refractivity contribution in [2.45, 2.75) is 0 Å². The van der Waals surface area contributed by atoms with Crippen molar-refractivity contribution >= 4 is 28.6 Å². The van der Waals surface area contributed by atoms with Crippen molar-refractivity contribution in [3.8, 4) is 21.8 Å². The molecule has 0 atom stereocenters. The topological polar surface area (TPSA) is 90.1 Å². The number of rotatable bonds is 5. The Kier molecular flexibility index (Phi) is 5.30. The molecule has 0 unspecified atom stereocenters. The molecule has 4 rings (SSSR count). The van der Waals surface area contributed by atoms with E-state index in [1.807, 2.05) is 30.3 Å². The zero-order valence-corrected chi connectivity index (χ0v) is 16.8. The van der Waals surface area contributed by atoms with Crippen LogP contribution in [0.25, 0.3) is 21.8 Å². The second kappa shape index (κ2) is 8.07. The zero-order valence-electron chi connectivity index (χ0n) is 16.0. The van der Waals surface area contributed by atoms with Crippen LogP contribution in [0.5, 0.6) is 0 Å². The minimum atomic E-state index is -0.946. The lowest BCUT2D eigenvalue weighted by Gasteiger charge is -2.05. The van der Waals surface area contributed by atoms with Crippen molar-refractivity contribution < 1.29 is 18.5 Å². The summed E-state index contributed by atoms with van der Waals surface area (Å²) in [6.07, 6.45) is 0. The molecule has 156 valence electrons. The number of amides is 1. The average Bonchev–Trinajstić information content (AvgIpc) is 3.35. The molecular weight excluding hydrogens is 426 g/mol. The van der Waals surface area contributed by atoms with Gasteiger partial charge in [-0.1, -0.05) is 36.4 Å². The van der Waals surface area contributed by atoms with Gasteiger partial charge in [0.05, 0.1) is 21.2 Å². The minimum Gasteiger partial charge on any atom is -0.316 e. The number of nitrogens with zero attached hydrogens (tertiary/aromatic N) is 3. The van der Waals surface area contributed by atoms with E-state index in [1.54, 1.807) is 13.1 Å². The van der Waals surface area contributed by atoms with E-state index in [0.717, 1.165) is 35.1 Å². The van der Waals surface area contributed by atoms with E-state index in [2.05, 4.69) is 10.4 Å². The molecule has 0 saturated carbocycles. The van der Waals surface area contributed by atoms with Crippen molar-refractivity contribution in [2.24, 2.45) is 7.05 Å². The Bertz CT molecular complexity index is 1280. The number of aromatic nitrogens is 2. The van der Waals surface area contributed by atoms with E-state index in [0.29, 0.717) is 11.4 Å². The first-order valence-electron chi connectivity index (χ1n) is 8.98. The largest absolute Gasteiger partial charge is 0.316 e. The molecule has 1 N–H and O–H groups in total. The quantitative estimate of drug-likeness (QED) is 0.339. The highest BCUT2D eigenvalue weighted by Crippen LogP contribution is 2.39. The molecule has 0 bridgehead atoms. The van der Waals surface area contributed by atoms with E-state index in [1.165, 1.54) is 10.7 Å². The number of anilines is 1. The number of nitrogens with one attached hydrogen (secondary N) is 1. The summed E-state index contributed by atoms with van der Waals surface area (Å²) in [5.41, 5.74) is 0.965. The third kappa shape index (κ3) is 3.92. The summed E-state index contributed by atoms with van der Waals surface area (Å²) in [6.45, 7) is 0. The van der Waals surface area contributed by atoms with Crippen LogP contribution < -0.4 is 5.32 Å². The molecule has 7 nitrogen and oxygen atoms in total. The molecule has 0 spiro atoms. The summed E-state index contributed by atoms with van der Waals surface area (Å²) in [7, 11) is 1.64. The average molecular weight is 440 g/mol. The first kappa shape index (κ1) is 20.4. The molecule has 2 heterocycles. The Morgan fingerprint density at radius 2 is 1.77 bits per heavy atom. The van der Waals surface area contributed by atoms with Crippen molar-refractivity contribution in [1.82, 2.24) is 9.78 Å². The Hall–Kier alpha value is -3.92. The first-order valence-corrected chi connectivity index (χ1v) is 9.80.